The predicted octanol–water partition coefficient (Wildman–Crippen LogP) is 3.08. The van der Waals surface area contributed by atoms with Crippen LogP contribution >= 0.6 is 0 Å². The summed E-state index contributed by atoms with van der Waals surface area (Å²) in [5, 5.41) is 16.9. The smallest absolute Gasteiger partial charge is 0.394 e. The van der Waals surface area contributed by atoms with Crippen LogP contribution in [0, 0.1) is 6.92 Å². The van der Waals surface area contributed by atoms with E-state index in [1.807, 2.05) is 61.5 Å². The van der Waals surface area contributed by atoms with Crippen molar-refractivity contribution in [3.63, 3.8) is 0 Å². The highest BCUT2D eigenvalue weighted by Crippen LogP contribution is 2.27. The van der Waals surface area contributed by atoms with Crippen molar-refractivity contribution >= 4 is 18.0 Å². The molecule has 1 aliphatic heterocycles. The number of piperazine rings is 1. The second kappa shape index (κ2) is 12.2. The molecule has 1 unspecified atom stereocenters. The van der Waals surface area contributed by atoms with Crippen molar-refractivity contribution in [2.75, 3.05) is 26.2 Å². The van der Waals surface area contributed by atoms with Crippen LogP contribution in [0.4, 0.5) is 4.79 Å². The number of hydrogen-bond donors (Lipinski definition) is 3. The normalized spacial score (nSPS) is 15.0. The lowest BCUT2D eigenvalue weighted by Gasteiger charge is -2.33. The summed E-state index contributed by atoms with van der Waals surface area (Å²) in [5.41, 5.74) is 11.6. The monoisotopic (exact) mass is 553 g/mol. The molecule has 41 heavy (non-hydrogen) atoms. The molecule has 4 N–H and O–H groups in total. The minimum absolute atomic E-state index is 0.212. The van der Waals surface area contributed by atoms with Crippen molar-refractivity contribution in [1.82, 2.24) is 20.0 Å². The fraction of sp³-hybridized carbons (Fsp3) is 0.226. The number of carbonyl (C=O) groups is 3. The molecule has 210 valence electrons. The van der Waals surface area contributed by atoms with Crippen LogP contribution in [0.25, 0.3) is 16.8 Å². The van der Waals surface area contributed by atoms with Gasteiger partial charge in [-0.2, -0.15) is 5.10 Å². The Morgan fingerprint density at radius 2 is 1.78 bits per heavy atom. The lowest BCUT2D eigenvalue weighted by atomic mass is 9.94. The molecular weight excluding hydrogens is 522 g/mol. The van der Waals surface area contributed by atoms with Gasteiger partial charge in [-0.3, -0.25) is 9.69 Å². The van der Waals surface area contributed by atoms with E-state index in [1.165, 1.54) is 4.90 Å². The number of primary amides is 1. The molecule has 1 aromatic heterocycles. The van der Waals surface area contributed by atoms with E-state index in [2.05, 4.69) is 16.5 Å². The molecule has 1 fully saturated rings. The van der Waals surface area contributed by atoms with Crippen LogP contribution in [-0.4, -0.2) is 70.0 Å². The van der Waals surface area contributed by atoms with Gasteiger partial charge in [-0.15, -0.1) is 0 Å². The summed E-state index contributed by atoms with van der Waals surface area (Å²) in [4.78, 5) is 38.0. The maximum absolute atomic E-state index is 12.7. The molecule has 1 saturated heterocycles. The summed E-state index contributed by atoms with van der Waals surface area (Å²) in [7, 11) is 0. The van der Waals surface area contributed by atoms with Crippen molar-refractivity contribution in [1.29, 1.82) is 0 Å². The van der Waals surface area contributed by atoms with Crippen molar-refractivity contribution < 1.29 is 24.2 Å². The van der Waals surface area contributed by atoms with Crippen LogP contribution in [-0.2, 0) is 11.2 Å². The zero-order valence-corrected chi connectivity index (χ0v) is 22.6. The molecule has 0 bridgehead atoms. The van der Waals surface area contributed by atoms with E-state index in [0.717, 1.165) is 33.6 Å². The first-order valence-corrected chi connectivity index (χ1v) is 13.3. The van der Waals surface area contributed by atoms with Gasteiger partial charge in [-0.05, 0) is 65.9 Å². The summed E-state index contributed by atoms with van der Waals surface area (Å²) in [6.45, 7) is 3.02. The third-order valence-electron chi connectivity index (χ3n) is 7.14. The van der Waals surface area contributed by atoms with Crippen LogP contribution in [0.15, 0.2) is 78.9 Å². The molecule has 0 spiro atoms. The number of nitrogens with zero attached hydrogens (tertiary/aromatic N) is 3. The standard InChI is InChI=1S/C31H31N5O5/c1-20-16-28(29(32)38)34-36(20)25-12-6-21(7-13-25)17-24-4-2-3-5-27(24)22-8-10-23(11-9-22)30(39)41-31(40)35-15-14-33-18-26(35)19-37/h2-13,16,26,33,37H,14-15,17-19H2,1H3,(H2,32,38). The van der Waals surface area contributed by atoms with Crippen molar-refractivity contribution in [2.24, 2.45) is 5.73 Å². The average molecular weight is 554 g/mol. The first-order valence-electron chi connectivity index (χ1n) is 13.3. The van der Waals surface area contributed by atoms with Gasteiger partial charge < -0.3 is 20.9 Å². The van der Waals surface area contributed by atoms with E-state index in [4.69, 9.17) is 10.5 Å². The quantitative estimate of drug-likeness (QED) is 0.236. The maximum Gasteiger partial charge on any atom is 0.418 e. The van der Waals surface area contributed by atoms with Crippen LogP contribution in [0.5, 0.6) is 0 Å². The SMILES string of the molecule is Cc1cc(C(N)=O)nn1-c1ccc(Cc2ccccc2-c2ccc(C(=O)OC(=O)N3CCNCC3CO)cc2)cc1. The molecule has 0 saturated carbocycles. The molecule has 10 nitrogen and oxygen atoms in total. The number of aliphatic hydroxyl groups excluding tert-OH is 1. The first-order chi connectivity index (χ1) is 19.8. The van der Waals surface area contributed by atoms with Crippen LogP contribution in [0.1, 0.15) is 37.7 Å². The number of carbonyl (C=O) groups excluding carboxylic acids is 3. The molecule has 0 aliphatic carbocycles. The molecule has 2 amide bonds. The number of nitrogens with two attached hydrogens (primary N) is 1. The average Bonchev–Trinajstić information content (AvgIpc) is 3.39. The predicted molar refractivity (Wildman–Crippen MR) is 153 cm³/mol. The third-order valence-corrected chi connectivity index (χ3v) is 7.14. The number of esters is 1. The van der Waals surface area contributed by atoms with E-state index in [1.54, 1.807) is 22.9 Å². The minimum Gasteiger partial charge on any atom is -0.394 e. The lowest BCUT2D eigenvalue weighted by molar-refractivity contribution is 0.0421. The lowest BCUT2D eigenvalue weighted by Crippen LogP contribution is -2.55. The fourth-order valence-electron chi connectivity index (χ4n) is 4.93. The molecule has 5 rings (SSSR count). The van der Waals surface area contributed by atoms with Gasteiger partial charge in [0.1, 0.15) is 0 Å². The number of hydrogen-bond acceptors (Lipinski definition) is 7. The van der Waals surface area contributed by atoms with Crippen molar-refractivity contribution in [2.45, 2.75) is 19.4 Å². The van der Waals surface area contributed by atoms with Gasteiger partial charge in [0.05, 0.1) is 23.9 Å². The maximum atomic E-state index is 12.7. The van der Waals surface area contributed by atoms with Gasteiger partial charge in [-0.1, -0.05) is 48.5 Å². The van der Waals surface area contributed by atoms with Gasteiger partial charge in [0.15, 0.2) is 5.69 Å². The number of rotatable bonds is 7. The summed E-state index contributed by atoms with van der Waals surface area (Å²) in [5.74, 6) is -1.30. The Balaban J connectivity index is 1.28. The van der Waals surface area contributed by atoms with Crippen LogP contribution in [0.3, 0.4) is 0 Å². The summed E-state index contributed by atoms with van der Waals surface area (Å²) in [6, 6.07) is 24.2. The van der Waals surface area contributed by atoms with E-state index >= 15 is 0 Å². The highest BCUT2D eigenvalue weighted by atomic mass is 16.6. The van der Waals surface area contributed by atoms with Crippen molar-refractivity contribution in [3.05, 3.63) is 107 Å². The van der Waals surface area contributed by atoms with Gasteiger partial charge in [0.25, 0.3) is 5.91 Å². The second-order valence-electron chi connectivity index (χ2n) is 9.91. The summed E-state index contributed by atoms with van der Waals surface area (Å²) < 4.78 is 6.79. The number of nitrogens with one attached hydrogen (secondary N) is 1. The summed E-state index contributed by atoms with van der Waals surface area (Å²) >= 11 is 0. The molecule has 2 heterocycles. The Morgan fingerprint density at radius 3 is 2.46 bits per heavy atom. The number of aromatic nitrogens is 2. The van der Waals surface area contributed by atoms with Gasteiger partial charge >= 0.3 is 12.1 Å². The fourth-order valence-corrected chi connectivity index (χ4v) is 4.93. The number of benzene rings is 3. The summed E-state index contributed by atoms with van der Waals surface area (Å²) in [6.07, 6.45) is -0.0807. The molecular formula is C31H31N5O5. The van der Waals surface area contributed by atoms with Crippen LogP contribution < -0.4 is 11.1 Å². The Morgan fingerprint density at radius 1 is 1.05 bits per heavy atom. The molecule has 10 heteroatoms. The molecule has 1 aliphatic rings. The topological polar surface area (TPSA) is 140 Å². The van der Waals surface area contributed by atoms with Crippen LogP contribution in [0.2, 0.25) is 0 Å². The zero-order chi connectivity index (χ0) is 28.9. The van der Waals surface area contributed by atoms with Crippen molar-refractivity contribution in [3.8, 4) is 16.8 Å². The van der Waals surface area contributed by atoms with E-state index in [-0.39, 0.29) is 17.9 Å². The van der Waals surface area contributed by atoms with Gasteiger partial charge in [-0.25, -0.2) is 14.3 Å². The number of ether oxygens (including phenoxy) is 1. The van der Waals surface area contributed by atoms with E-state index in [9.17, 15) is 19.5 Å². The first kappa shape index (κ1) is 27.8. The Bertz CT molecular complexity index is 1560. The molecule has 0 radical (unpaired) electrons. The van der Waals surface area contributed by atoms with E-state index < -0.39 is 24.0 Å². The number of amides is 2. The number of aliphatic hydroxyl groups is 1. The zero-order valence-electron chi connectivity index (χ0n) is 22.6. The Labute approximate surface area is 237 Å². The Hall–Kier alpha value is -4.80. The molecule has 1 atom stereocenters. The third kappa shape index (κ3) is 6.19. The largest absolute Gasteiger partial charge is 0.418 e. The highest BCUT2D eigenvalue weighted by Gasteiger charge is 2.29. The molecule has 3 aromatic carbocycles. The minimum atomic E-state index is -0.757. The van der Waals surface area contributed by atoms with Gasteiger partial charge in [0, 0.05) is 25.3 Å². The second-order valence-corrected chi connectivity index (χ2v) is 9.91. The molecule has 4 aromatic rings. The van der Waals surface area contributed by atoms with E-state index in [0.29, 0.717) is 26.1 Å². The van der Waals surface area contributed by atoms with Gasteiger partial charge in [0.2, 0.25) is 0 Å². The number of aryl methyl sites for hydroxylation is 1. The highest BCUT2D eigenvalue weighted by molar-refractivity contribution is 5.97. The Kier molecular flexibility index (Phi) is 8.23.